The van der Waals surface area contributed by atoms with Crippen molar-refractivity contribution < 1.29 is 9.84 Å². The molecule has 20 heavy (non-hydrogen) atoms. The van der Waals surface area contributed by atoms with Gasteiger partial charge in [0.1, 0.15) is 5.82 Å². The van der Waals surface area contributed by atoms with Crippen molar-refractivity contribution in [3.8, 4) is 0 Å². The van der Waals surface area contributed by atoms with E-state index >= 15 is 0 Å². The number of aromatic nitrogens is 1. The van der Waals surface area contributed by atoms with Crippen LogP contribution in [0.15, 0.2) is 18.3 Å². The molecule has 0 radical (unpaired) electrons. The van der Waals surface area contributed by atoms with Gasteiger partial charge in [0.2, 0.25) is 0 Å². The first-order valence-corrected chi connectivity index (χ1v) is 7.64. The second kappa shape index (κ2) is 5.51. The van der Waals surface area contributed by atoms with Crippen LogP contribution in [0.4, 0.5) is 5.82 Å². The zero-order chi connectivity index (χ0) is 14.2. The van der Waals surface area contributed by atoms with Gasteiger partial charge in [0, 0.05) is 31.3 Å². The number of aliphatic hydroxyl groups is 1. The summed E-state index contributed by atoms with van der Waals surface area (Å²) >= 11 is 5.91. The molecule has 0 bridgehead atoms. The fourth-order valence-electron chi connectivity index (χ4n) is 3.41. The predicted molar refractivity (Wildman–Crippen MR) is 79.2 cm³/mol. The normalized spacial score (nSPS) is 34.5. The second-order valence-corrected chi connectivity index (χ2v) is 6.46. The van der Waals surface area contributed by atoms with Gasteiger partial charge in [-0.2, -0.15) is 0 Å². The van der Waals surface area contributed by atoms with Crippen LogP contribution in [-0.4, -0.2) is 41.5 Å². The summed E-state index contributed by atoms with van der Waals surface area (Å²) < 4.78 is 5.61. The first kappa shape index (κ1) is 14.1. The molecule has 3 rings (SSSR count). The molecule has 3 atom stereocenters. The van der Waals surface area contributed by atoms with E-state index in [1.54, 1.807) is 6.20 Å². The fraction of sp³-hybridized carbons (Fsp3) is 0.667. The lowest BCUT2D eigenvalue weighted by Gasteiger charge is -2.43. The van der Waals surface area contributed by atoms with Gasteiger partial charge >= 0.3 is 0 Å². The summed E-state index contributed by atoms with van der Waals surface area (Å²) in [6, 6.07) is 4.12. The van der Waals surface area contributed by atoms with Crippen molar-refractivity contribution in [1.29, 1.82) is 0 Å². The van der Waals surface area contributed by atoms with Gasteiger partial charge in [0.15, 0.2) is 0 Å². The molecule has 0 aromatic carbocycles. The third-order valence-electron chi connectivity index (χ3n) is 4.62. The summed E-state index contributed by atoms with van der Waals surface area (Å²) in [6.07, 6.45) is 4.59. The minimum Gasteiger partial charge on any atom is -0.390 e. The Hall–Kier alpha value is -0.840. The molecule has 2 aliphatic rings. The van der Waals surface area contributed by atoms with E-state index in [1.165, 1.54) is 0 Å². The quantitative estimate of drug-likeness (QED) is 0.911. The van der Waals surface area contributed by atoms with E-state index in [1.807, 2.05) is 19.1 Å². The van der Waals surface area contributed by atoms with Gasteiger partial charge in [-0.3, -0.25) is 0 Å². The van der Waals surface area contributed by atoms with Gasteiger partial charge in [-0.15, -0.1) is 0 Å². The van der Waals surface area contributed by atoms with Gasteiger partial charge < -0.3 is 14.7 Å². The average Bonchev–Trinajstić information content (AvgIpc) is 2.88. The first-order valence-electron chi connectivity index (χ1n) is 7.26. The summed E-state index contributed by atoms with van der Waals surface area (Å²) in [5.74, 6) is 1.08. The molecular weight excluding hydrogens is 276 g/mol. The molecule has 110 valence electrons. The van der Waals surface area contributed by atoms with Crippen LogP contribution in [-0.2, 0) is 4.74 Å². The third kappa shape index (κ3) is 2.65. The van der Waals surface area contributed by atoms with Crippen LogP contribution in [0, 0.1) is 5.92 Å². The van der Waals surface area contributed by atoms with Gasteiger partial charge in [0.05, 0.1) is 17.2 Å². The molecule has 0 spiro atoms. The standard InChI is InChI=1S/C15H21ClN2O2/c1-15(19)6-8-20-10-12(15)13-3-2-7-18(13)14-5-4-11(16)9-17-14/h4-5,9,12-13,19H,2-3,6-8,10H2,1H3. The lowest BCUT2D eigenvalue weighted by Crippen LogP contribution is -2.52. The van der Waals surface area contributed by atoms with Gasteiger partial charge in [-0.25, -0.2) is 4.98 Å². The summed E-state index contributed by atoms with van der Waals surface area (Å²) in [5.41, 5.74) is -0.655. The first-order chi connectivity index (χ1) is 9.58. The Morgan fingerprint density at radius 2 is 2.35 bits per heavy atom. The second-order valence-electron chi connectivity index (χ2n) is 6.03. The summed E-state index contributed by atoms with van der Waals surface area (Å²) in [6.45, 7) is 4.19. The van der Waals surface area contributed by atoms with Crippen LogP contribution in [0.2, 0.25) is 5.02 Å². The molecule has 2 fully saturated rings. The summed E-state index contributed by atoms with van der Waals surface area (Å²) in [7, 11) is 0. The van der Waals surface area contributed by atoms with Crippen LogP contribution in [0.5, 0.6) is 0 Å². The lowest BCUT2D eigenvalue weighted by atomic mass is 9.79. The van der Waals surface area contributed by atoms with E-state index in [2.05, 4.69) is 9.88 Å². The zero-order valence-corrected chi connectivity index (χ0v) is 12.5. The molecule has 1 aromatic heterocycles. The monoisotopic (exact) mass is 296 g/mol. The van der Waals surface area contributed by atoms with Crippen LogP contribution < -0.4 is 4.90 Å². The maximum absolute atomic E-state index is 10.7. The molecule has 2 aliphatic heterocycles. The highest BCUT2D eigenvalue weighted by Crippen LogP contribution is 2.37. The highest BCUT2D eigenvalue weighted by atomic mass is 35.5. The van der Waals surface area contributed by atoms with Crippen molar-refractivity contribution in [2.75, 3.05) is 24.7 Å². The maximum atomic E-state index is 10.7. The highest BCUT2D eigenvalue weighted by molar-refractivity contribution is 6.30. The van der Waals surface area contributed by atoms with E-state index < -0.39 is 5.60 Å². The smallest absolute Gasteiger partial charge is 0.128 e. The minimum absolute atomic E-state index is 0.135. The lowest BCUT2D eigenvalue weighted by molar-refractivity contribution is -0.108. The number of rotatable bonds is 2. The Morgan fingerprint density at radius 1 is 1.50 bits per heavy atom. The Morgan fingerprint density at radius 3 is 3.05 bits per heavy atom. The van der Waals surface area contributed by atoms with Crippen molar-refractivity contribution in [3.05, 3.63) is 23.4 Å². The van der Waals surface area contributed by atoms with E-state index in [0.29, 0.717) is 30.7 Å². The Balaban J connectivity index is 1.83. The van der Waals surface area contributed by atoms with Crippen LogP contribution >= 0.6 is 11.6 Å². The number of anilines is 1. The largest absolute Gasteiger partial charge is 0.390 e. The van der Waals surface area contributed by atoms with Crippen molar-refractivity contribution in [3.63, 3.8) is 0 Å². The Labute approximate surface area is 124 Å². The van der Waals surface area contributed by atoms with E-state index in [9.17, 15) is 5.11 Å². The highest BCUT2D eigenvalue weighted by Gasteiger charge is 2.44. The molecular formula is C15H21ClN2O2. The van der Waals surface area contributed by atoms with Gasteiger partial charge in [-0.05, 0) is 38.3 Å². The minimum atomic E-state index is -0.655. The molecule has 1 aromatic rings. The van der Waals surface area contributed by atoms with Crippen LogP contribution in [0.3, 0.4) is 0 Å². The van der Waals surface area contributed by atoms with Crippen molar-refractivity contribution in [1.82, 2.24) is 4.98 Å². The molecule has 3 unspecified atom stereocenters. The molecule has 5 heteroatoms. The molecule has 0 amide bonds. The third-order valence-corrected chi connectivity index (χ3v) is 4.84. The van der Waals surface area contributed by atoms with Crippen molar-refractivity contribution >= 4 is 17.4 Å². The summed E-state index contributed by atoms with van der Waals surface area (Å²) in [5, 5.41) is 11.3. The number of nitrogens with zero attached hydrogens (tertiary/aromatic N) is 2. The molecule has 0 saturated carbocycles. The topological polar surface area (TPSA) is 45.6 Å². The number of hydrogen-bond donors (Lipinski definition) is 1. The fourth-order valence-corrected chi connectivity index (χ4v) is 3.52. The predicted octanol–water partition coefficient (Wildman–Crippen LogP) is 2.49. The van der Waals surface area contributed by atoms with Gasteiger partial charge in [-0.1, -0.05) is 11.6 Å². The van der Waals surface area contributed by atoms with Crippen molar-refractivity contribution in [2.45, 2.75) is 37.8 Å². The number of halogens is 1. The van der Waals surface area contributed by atoms with Crippen molar-refractivity contribution in [2.24, 2.45) is 5.92 Å². The molecule has 4 nitrogen and oxygen atoms in total. The molecule has 2 saturated heterocycles. The van der Waals surface area contributed by atoms with E-state index in [0.717, 1.165) is 25.2 Å². The molecule has 1 N–H and O–H groups in total. The summed E-state index contributed by atoms with van der Waals surface area (Å²) in [4.78, 5) is 6.72. The number of pyridine rings is 1. The molecule has 0 aliphatic carbocycles. The maximum Gasteiger partial charge on any atom is 0.128 e. The number of hydrogen-bond acceptors (Lipinski definition) is 4. The SMILES string of the molecule is CC1(O)CCOCC1C1CCCN1c1ccc(Cl)cn1. The Bertz CT molecular complexity index is 463. The van der Waals surface area contributed by atoms with Crippen LogP contribution in [0.25, 0.3) is 0 Å². The van der Waals surface area contributed by atoms with E-state index in [4.69, 9.17) is 16.3 Å². The Kier molecular flexibility index (Phi) is 3.89. The van der Waals surface area contributed by atoms with Gasteiger partial charge in [0.25, 0.3) is 0 Å². The molecule has 3 heterocycles. The van der Waals surface area contributed by atoms with Crippen LogP contribution in [0.1, 0.15) is 26.2 Å². The average molecular weight is 297 g/mol. The number of ether oxygens (including phenoxy) is 1. The van der Waals surface area contributed by atoms with E-state index in [-0.39, 0.29) is 5.92 Å². The zero-order valence-electron chi connectivity index (χ0n) is 11.8.